The smallest absolute Gasteiger partial charge is 0.283 e. The Morgan fingerprint density at radius 2 is 1.68 bits per heavy atom. The second-order valence-electron chi connectivity index (χ2n) is 6.50. The normalized spacial score (nSPS) is 17.7. The summed E-state index contributed by atoms with van der Waals surface area (Å²) >= 11 is 1.37. The summed E-state index contributed by atoms with van der Waals surface area (Å²) in [4.78, 5) is 18.7. The van der Waals surface area contributed by atoms with Gasteiger partial charge in [0.15, 0.2) is 5.17 Å². The fraction of sp³-hybridized carbons (Fsp3) is 0. The monoisotopic (exact) mass is 381 g/mol. The molecule has 0 atom stereocenters. The zero-order valence-electron chi connectivity index (χ0n) is 14.8. The lowest BCUT2D eigenvalue weighted by Crippen LogP contribution is -2.38. The van der Waals surface area contributed by atoms with Crippen molar-refractivity contribution in [1.29, 1.82) is 5.41 Å². The van der Waals surface area contributed by atoms with Gasteiger partial charge in [0.2, 0.25) is 0 Å². The first-order chi connectivity index (χ1) is 13.7. The molecule has 4 nitrogen and oxygen atoms in total. The molecule has 2 aliphatic rings. The molecule has 1 N–H and O–H groups in total. The number of nitrogens with zero attached hydrogens (tertiary/aromatic N) is 2. The molecular formula is C23H15N3OS. The van der Waals surface area contributed by atoms with E-state index in [9.17, 15) is 4.79 Å². The summed E-state index contributed by atoms with van der Waals surface area (Å²) in [6.07, 6.45) is 1.78. The van der Waals surface area contributed by atoms with Crippen molar-refractivity contribution in [3.05, 3.63) is 94.9 Å². The van der Waals surface area contributed by atoms with Crippen molar-refractivity contribution in [2.24, 2.45) is 4.99 Å². The first kappa shape index (κ1) is 16.7. The molecule has 0 fully saturated rings. The maximum Gasteiger partial charge on any atom is 0.283 e. The number of benzene rings is 3. The highest BCUT2D eigenvalue weighted by Crippen LogP contribution is 2.37. The number of nitrogens with one attached hydrogen (secondary N) is 1. The molecule has 28 heavy (non-hydrogen) atoms. The molecule has 0 bridgehead atoms. The van der Waals surface area contributed by atoms with E-state index in [2.05, 4.69) is 4.99 Å². The topological polar surface area (TPSA) is 56.5 Å². The van der Waals surface area contributed by atoms with Gasteiger partial charge in [-0.1, -0.05) is 84.6 Å². The first-order valence-corrected chi connectivity index (χ1v) is 9.74. The van der Waals surface area contributed by atoms with Crippen LogP contribution in [0.3, 0.4) is 0 Å². The molecule has 0 spiro atoms. The van der Waals surface area contributed by atoms with Crippen molar-refractivity contribution >= 4 is 51.2 Å². The Morgan fingerprint density at radius 3 is 2.54 bits per heavy atom. The highest BCUT2D eigenvalue weighted by molar-refractivity contribution is 8.17. The quantitative estimate of drug-likeness (QED) is 0.625. The Morgan fingerprint density at radius 1 is 0.929 bits per heavy atom. The second kappa shape index (κ2) is 6.62. The summed E-state index contributed by atoms with van der Waals surface area (Å²) in [5.74, 6) is -0.220. The van der Waals surface area contributed by atoms with Crippen LogP contribution in [-0.4, -0.2) is 21.8 Å². The van der Waals surface area contributed by atoms with Gasteiger partial charge >= 0.3 is 0 Å². The number of carbonyl (C=O) groups is 1. The van der Waals surface area contributed by atoms with E-state index in [-0.39, 0.29) is 11.7 Å². The van der Waals surface area contributed by atoms with Crippen LogP contribution in [0.5, 0.6) is 0 Å². The van der Waals surface area contributed by atoms with E-state index in [1.807, 2.05) is 78.2 Å². The fourth-order valence-electron chi connectivity index (χ4n) is 3.45. The predicted octanol–water partition coefficient (Wildman–Crippen LogP) is 5.14. The number of hydrogen-bond donors (Lipinski definition) is 1. The van der Waals surface area contributed by atoms with Crippen molar-refractivity contribution < 1.29 is 4.79 Å². The molecule has 2 heterocycles. The van der Waals surface area contributed by atoms with E-state index in [4.69, 9.17) is 5.41 Å². The van der Waals surface area contributed by atoms with Gasteiger partial charge in [0, 0.05) is 5.41 Å². The van der Waals surface area contributed by atoms with Crippen LogP contribution in [0.1, 0.15) is 11.1 Å². The summed E-state index contributed by atoms with van der Waals surface area (Å²) in [5.41, 5.74) is 3.06. The van der Waals surface area contributed by atoms with E-state index in [1.54, 1.807) is 11.0 Å². The van der Waals surface area contributed by atoms with E-state index < -0.39 is 0 Å². The third kappa shape index (κ3) is 2.68. The number of aliphatic imine (C=N–C) groups is 1. The van der Waals surface area contributed by atoms with Crippen molar-refractivity contribution in [2.45, 2.75) is 0 Å². The molecule has 2 aliphatic heterocycles. The molecule has 0 aromatic heterocycles. The molecule has 5 rings (SSSR count). The summed E-state index contributed by atoms with van der Waals surface area (Å²) in [5, 5.41) is 13.4. The van der Waals surface area contributed by atoms with Crippen molar-refractivity contribution in [3.63, 3.8) is 0 Å². The number of hydrogen-bond acceptors (Lipinski definition) is 3. The lowest BCUT2D eigenvalue weighted by molar-refractivity contribution is -0.114. The number of amides is 1. The minimum Gasteiger partial charge on any atom is -0.283 e. The Kier molecular flexibility index (Phi) is 3.95. The number of amidine groups is 2. The summed E-state index contributed by atoms with van der Waals surface area (Å²) in [6.45, 7) is 0. The molecule has 0 unspecified atom stereocenters. The van der Waals surface area contributed by atoms with Gasteiger partial charge in [-0.05, 0) is 28.0 Å². The van der Waals surface area contributed by atoms with Crippen LogP contribution >= 0.6 is 11.8 Å². The van der Waals surface area contributed by atoms with Gasteiger partial charge in [0.25, 0.3) is 5.91 Å². The summed E-state index contributed by atoms with van der Waals surface area (Å²) < 4.78 is 0. The highest BCUT2D eigenvalue weighted by Gasteiger charge is 2.36. The fourth-order valence-corrected chi connectivity index (χ4v) is 4.34. The average Bonchev–Trinajstić information content (AvgIpc) is 3.16. The van der Waals surface area contributed by atoms with E-state index in [1.165, 1.54) is 11.8 Å². The van der Waals surface area contributed by atoms with Gasteiger partial charge in [0.05, 0.1) is 11.3 Å². The zero-order valence-corrected chi connectivity index (χ0v) is 15.6. The predicted molar refractivity (Wildman–Crippen MR) is 116 cm³/mol. The lowest BCUT2D eigenvalue weighted by atomic mass is 10.0. The molecule has 3 aromatic carbocycles. The maximum atomic E-state index is 12.7. The van der Waals surface area contributed by atoms with E-state index in [0.717, 1.165) is 27.6 Å². The Balaban J connectivity index is 1.60. The van der Waals surface area contributed by atoms with Crippen LogP contribution in [0.2, 0.25) is 0 Å². The zero-order chi connectivity index (χ0) is 19.1. The summed E-state index contributed by atoms with van der Waals surface area (Å²) in [6, 6.07) is 23.8. The SMILES string of the molecule is N=C1/C(=C\c2cccc3ccccc23)C(=O)N=C2SC=C(c3ccccc3)N12. The molecule has 0 saturated heterocycles. The molecule has 0 saturated carbocycles. The van der Waals surface area contributed by atoms with Gasteiger partial charge in [-0.25, -0.2) is 0 Å². The molecule has 0 radical (unpaired) electrons. The van der Waals surface area contributed by atoms with Gasteiger partial charge in [-0.15, -0.1) is 0 Å². The minimum absolute atomic E-state index is 0.156. The Hall–Kier alpha value is -3.44. The van der Waals surface area contributed by atoms with Gasteiger partial charge < -0.3 is 0 Å². The molecule has 3 aromatic rings. The maximum absolute atomic E-state index is 12.7. The number of thioether (sulfide) groups is 1. The van der Waals surface area contributed by atoms with E-state index >= 15 is 0 Å². The van der Waals surface area contributed by atoms with Crippen LogP contribution < -0.4 is 0 Å². The van der Waals surface area contributed by atoms with Crippen LogP contribution in [0.15, 0.2) is 88.8 Å². The minimum atomic E-state index is -0.376. The van der Waals surface area contributed by atoms with Crippen molar-refractivity contribution in [1.82, 2.24) is 4.90 Å². The van der Waals surface area contributed by atoms with Crippen molar-refractivity contribution in [3.8, 4) is 0 Å². The standard InChI is InChI=1S/C23H15N3OS/c24-21-19(13-17-11-6-10-15-7-4-5-12-18(15)17)22(27)25-23-26(21)20(14-28-23)16-8-2-1-3-9-16/h1-14,24H/b19-13+,24-21?. The van der Waals surface area contributed by atoms with Gasteiger partial charge in [0.1, 0.15) is 5.84 Å². The lowest BCUT2D eigenvalue weighted by Gasteiger charge is -2.27. The van der Waals surface area contributed by atoms with Crippen LogP contribution in [0.25, 0.3) is 22.5 Å². The molecule has 1 amide bonds. The Labute approximate surface area is 166 Å². The van der Waals surface area contributed by atoms with Crippen LogP contribution in [-0.2, 0) is 4.79 Å². The molecule has 134 valence electrons. The first-order valence-electron chi connectivity index (χ1n) is 8.86. The number of fused-ring (bicyclic) bond motifs is 2. The van der Waals surface area contributed by atoms with Gasteiger partial charge in [-0.2, -0.15) is 4.99 Å². The third-order valence-electron chi connectivity index (χ3n) is 4.81. The molecule has 0 aliphatic carbocycles. The largest absolute Gasteiger partial charge is 0.283 e. The highest BCUT2D eigenvalue weighted by atomic mass is 32.2. The second-order valence-corrected chi connectivity index (χ2v) is 7.33. The Bertz CT molecular complexity index is 1220. The van der Waals surface area contributed by atoms with Crippen molar-refractivity contribution in [2.75, 3.05) is 0 Å². The third-order valence-corrected chi connectivity index (χ3v) is 5.63. The summed E-state index contributed by atoms with van der Waals surface area (Å²) in [7, 11) is 0. The van der Waals surface area contributed by atoms with E-state index in [0.29, 0.717) is 10.7 Å². The van der Waals surface area contributed by atoms with Gasteiger partial charge in [-0.3, -0.25) is 15.1 Å². The van der Waals surface area contributed by atoms with Crippen LogP contribution in [0, 0.1) is 5.41 Å². The average molecular weight is 381 g/mol. The number of rotatable bonds is 2. The molecule has 5 heteroatoms. The number of carbonyl (C=O) groups excluding carboxylic acids is 1. The van der Waals surface area contributed by atoms with Crippen LogP contribution in [0.4, 0.5) is 0 Å². The molecular weight excluding hydrogens is 366 g/mol.